The maximum absolute atomic E-state index is 13.0. The zero-order chi connectivity index (χ0) is 40.9. The van der Waals surface area contributed by atoms with Gasteiger partial charge in [-0.05, 0) is 43.2 Å². The number of methoxy groups -OCH3 is 1. The summed E-state index contributed by atoms with van der Waals surface area (Å²) < 4.78 is 48.1. The van der Waals surface area contributed by atoms with Crippen LogP contribution in [0.1, 0.15) is 127 Å². The molecule has 6 atom stereocenters. The third kappa shape index (κ3) is 14.7. The number of phosphoric ester groups is 1. The zero-order valence-corrected chi connectivity index (χ0v) is 35.0. The van der Waals surface area contributed by atoms with E-state index in [0.717, 1.165) is 24.8 Å². The van der Waals surface area contributed by atoms with Gasteiger partial charge in [-0.3, -0.25) is 9.05 Å². The van der Waals surface area contributed by atoms with Crippen molar-refractivity contribution in [2.75, 3.05) is 33.5 Å². The fraction of sp³-hybridized carbons (Fsp3) is 0.690. The minimum Gasteiger partial charge on any atom is -0.497 e. The van der Waals surface area contributed by atoms with E-state index in [0.29, 0.717) is 23.6 Å². The van der Waals surface area contributed by atoms with Gasteiger partial charge in [-0.1, -0.05) is 115 Å². The van der Waals surface area contributed by atoms with E-state index in [1.165, 1.54) is 94.3 Å². The number of rotatable bonds is 30. The average molecular weight is 817 g/mol. The normalized spacial score (nSPS) is 21.1. The monoisotopic (exact) mass is 816 g/mol. The maximum atomic E-state index is 13.0. The van der Waals surface area contributed by atoms with Gasteiger partial charge in [-0.15, -0.1) is 0 Å². The molecule has 0 radical (unpaired) electrons. The van der Waals surface area contributed by atoms with Gasteiger partial charge in [0.1, 0.15) is 42.6 Å². The molecule has 1 fully saturated rings. The lowest BCUT2D eigenvalue weighted by molar-refractivity contribution is -0.0690. The first-order valence-corrected chi connectivity index (χ1v) is 22.3. The smallest absolute Gasteiger partial charge is 0.472 e. The summed E-state index contributed by atoms with van der Waals surface area (Å²) in [5.74, 6) is 0.709. The minimum absolute atomic E-state index is 0.129. The number of unbranched alkanes of at least 4 members (excludes halogenated alkanes) is 15. The highest BCUT2D eigenvalue weighted by atomic mass is 31.2. The highest BCUT2D eigenvalue weighted by molar-refractivity contribution is 7.47. The number of fused-ring (bicyclic) bond motifs is 1. The van der Waals surface area contributed by atoms with Crippen molar-refractivity contribution in [1.29, 1.82) is 5.26 Å². The molecule has 15 heteroatoms. The van der Waals surface area contributed by atoms with Crippen molar-refractivity contribution in [3.05, 3.63) is 59.7 Å². The Labute approximate surface area is 338 Å². The molecule has 0 aliphatic carbocycles. The lowest BCUT2D eigenvalue weighted by Crippen LogP contribution is -2.41. The number of phosphoric acid groups is 1. The van der Waals surface area contributed by atoms with Crippen molar-refractivity contribution in [3.8, 4) is 11.8 Å². The standard InChI is InChI=1S/C42H65N4O10P/c1-4-5-6-7-8-9-10-11-12-13-14-15-16-17-18-19-26-52-28-36(53-27-34-20-22-35(51-3)23-21-34)29-54-57(49,50)55-30-38-40(47)41(48)42(31-43,56-38)39-25-24-37-33(2)44-32-45-46(37)39/h20-25,32,36,38,40-41,47-48H,4-19,26-30H2,1-3H3,(H,49,50)/t36-,38-,40-,41-,42+/m1/s1. The Hall–Kier alpha value is -2.96. The molecule has 3 heterocycles. The molecule has 0 bridgehead atoms. The molecular weight excluding hydrogens is 751 g/mol. The molecule has 3 aromatic rings. The number of aliphatic hydroxyl groups is 2. The van der Waals surface area contributed by atoms with Gasteiger partial charge in [0, 0.05) is 6.61 Å². The Morgan fingerprint density at radius 3 is 2.11 bits per heavy atom. The van der Waals surface area contributed by atoms with Gasteiger partial charge in [0.25, 0.3) is 0 Å². The summed E-state index contributed by atoms with van der Waals surface area (Å²) in [5, 5.41) is 36.2. The number of aromatic nitrogens is 3. The number of ether oxygens (including phenoxy) is 4. The maximum Gasteiger partial charge on any atom is 0.472 e. The van der Waals surface area contributed by atoms with Crippen molar-refractivity contribution in [1.82, 2.24) is 14.6 Å². The Morgan fingerprint density at radius 1 is 0.895 bits per heavy atom. The molecule has 318 valence electrons. The van der Waals surface area contributed by atoms with Crippen LogP contribution in [0.4, 0.5) is 0 Å². The van der Waals surface area contributed by atoms with Crippen LogP contribution in [0.25, 0.3) is 5.52 Å². The molecule has 2 aromatic heterocycles. The first-order valence-electron chi connectivity index (χ1n) is 20.8. The summed E-state index contributed by atoms with van der Waals surface area (Å²) in [6, 6.07) is 12.5. The van der Waals surface area contributed by atoms with E-state index in [1.807, 2.05) is 30.3 Å². The predicted molar refractivity (Wildman–Crippen MR) is 216 cm³/mol. The van der Waals surface area contributed by atoms with Crippen LogP contribution in [0.15, 0.2) is 42.7 Å². The van der Waals surface area contributed by atoms with Crippen molar-refractivity contribution >= 4 is 13.3 Å². The van der Waals surface area contributed by atoms with Gasteiger partial charge in [-0.2, -0.15) is 10.4 Å². The van der Waals surface area contributed by atoms with Crippen LogP contribution in [0.5, 0.6) is 5.75 Å². The molecule has 4 rings (SSSR count). The van der Waals surface area contributed by atoms with Crippen LogP contribution in [0, 0.1) is 18.3 Å². The number of nitrogens with zero attached hydrogens (tertiary/aromatic N) is 4. The van der Waals surface area contributed by atoms with Crippen molar-refractivity contribution in [3.63, 3.8) is 0 Å². The van der Waals surface area contributed by atoms with Gasteiger partial charge in [0.15, 0.2) is 0 Å². The van der Waals surface area contributed by atoms with Gasteiger partial charge >= 0.3 is 7.82 Å². The molecule has 0 spiro atoms. The van der Waals surface area contributed by atoms with Gasteiger partial charge in [-0.25, -0.2) is 14.1 Å². The van der Waals surface area contributed by atoms with Crippen LogP contribution in [0.2, 0.25) is 0 Å². The Morgan fingerprint density at radius 2 is 1.51 bits per heavy atom. The van der Waals surface area contributed by atoms with E-state index >= 15 is 0 Å². The molecule has 0 amide bonds. The van der Waals surface area contributed by atoms with E-state index < -0.39 is 44.4 Å². The molecule has 1 aliphatic heterocycles. The van der Waals surface area contributed by atoms with Crippen molar-refractivity contribution < 1.29 is 47.7 Å². The molecule has 1 aromatic carbocycles. The predicted octanol–water partition coefficient (Wildman–Crippen LogP) is 7.88. The fourth-order valence-corrected chi connectivity index (χ4v) is 7.85. The molecule has 1 unspecified atom stereocenters. The van der Waals surface area contributed by atoms with E-state index in [9.17, 15) is 24.9 Å². The Bertz CT molecular complexity index is 1670. The molecule has 1 aliphatic rings. The van der Waals surface area contributed by atoms with Crippen LogP contribution in [0.3, 0.4) is 0 Å². The Balaban J connectivity index is 1.18. The lowest BCUT2D eigenvalue weighted by atomic mass is 9.92. The highest BCUT2D eigenvalue weighted by Gasteiger charge is 2.58. The third-order valence-electron chi connectivity index (χ3n) is 10.6. The molecule has 0 saturated carbocycles. The molecule has 57 heavy (non-hydrogen) atoms. The van der Waals surface area contributed by atoms with Gasteiger partial charge in [0.05, 0.1) is 50.4 Å². The largest absolute Gasteiger partial charge is 0.497 e. The van der Waals surface area contributed by atoms with E-state index in [-0.39, 0.29) is 25.5 Å². The summed E-state index contributed by atoms with van der Waals surface area (Å²) in [7, 11) is -3.13. The number of aryl methyl sites for hydroxylation is 1. The van der Waals surface area contributed by atoms with Crippen LogP contribution < -0.4 is 4.74 Å². The zero-order valence-electron chi connectivity index (χ0n) is 34.1. The topological polar surface area (TPSA) is 187 Å². The number of nitriles is 1. The number of hydrogen-bond acceptors (Lipinski definition) is 12. The summed E-state index contributed by atoms with van der Waals surface area (Å²) >= 11 is 0. The Kier molecular flexibility index (Phi) is 20.4. The summed E-state index contributed by atoms with van der Waals surface area (Å²) in [6.45, 7) is 3.90. The highest BCUT2D eigenvalue weighted by Crippen LogP contribution is 2.46. The molecule has 14 nitrogen and oxygen atoms in total. The summed E-state index contributed by atoms with van der Waals surface area (Å²) in [4.78, 5) is 14.7. The fourth-order valence-electron chi connectivity index (χ4n) is 7.08. The van der Waals surface area contributed by atoms with Crippen LogP contribution >= 0.6 is 7.82 Å². The van der Waals surface area contributed by atoms with E-state index in [2.05, 4.69) is 17.0 Å². The second-order valence-corrected chi connectivity index (χ2v) is 16.5. The van der Waals surface area contributed by atoms with E-state index in [1.54, 1.807) is 26.2 Å². The summed E-state index contributed by atoms with van der Waals surface area (Å²) in [6.07, 6.45) is 16.5. The first kappa shape index (κ1) is 46.7. The molecule has 3 N–H and O–H groups in total. The second-order valence-electron chi connectivity index (χ2n) is 15.0. The lowest BCUT2D eigenvalue weighted by Gasteiger charge is -2.24. The number of benzene rings is 1. The first-order chi connectivity index (χ1) is 27.6. The van der Waals surface area contributed by atoms with Gasteiger partial charge < -0.3 is 34.1 Å². The quantitative estimate of drug-likeness (QED) is 0.0436. The minimum atomic E-state index is -4.72. The van der Waals surface area contributed by atoms with Crippen LogP contribution in [-0.4, -0.2) is 87.7 Å². The second kappa shape index (κ2) is 24.8. The van der Waals surface area contributed by atoms with Gasteiger partial charge in [0.2, 0.25) is 5.60 Å². The number of aliphatic hydroxyl groups excluding tert-OH is 2. The van der Waals surface area contributed by atoms with E-state index in [4.69, 9.17) is 28.0 Å². The third-order valence-corrected chi connectivity index (χ3v) is 11.5. The average Bonchev–Trinajstić information content (AvgIpc) is 3.77. The SMILES string of the molecule is CCCCCCCCCCCCCCCCCCOC[C@H](COP(=O)(O)OC[C@H]1O[C@@](C#N)(c2ccc3c(C)ncnn23)[C@H](O)[C@@H]1O)OCc1ccc(OC)cc1. The van der Waals surface area contributed by atoms with Crippen molar-refractivity contribution in [2.24, 2.45) is 0 Å². The number of hydrogen-bond donors (Lipinski definition) is 3. The van der Waals surface area contributed by atoms with Crippen molar-refractivity contribution in [2.45, 2.75) is 153 Å². The van der Waals surface area contributed by atoms with Crippen LogP contribution in [-0.2, 0) is 40.0 Å². The molecular formula is C42H65N4O10P. The molecule has 1 saturated heterocycles. The summed E-state index contributed by atoms with van der Waals surface area (Å²) in [5.41, 5.74) is 0.210.